The third-order valence-corrected chi connectivity index (χ3v) is 4.09. The maximum Gasteiger partial charge on any atom is 0.240 e. The molecule has 2 unspecified atom stereocenters. The first-order valence-corrected chi connectivity index (χ1v) is 7.74. The molecule has 1 aliphatic heterocycles. The molecule has 2 aromatic rings. The van der Waals surface area contributed by atoms with Gasteiger partial charge in [0.2, 0.25) is 5.89 Å². The fraction of sp³-hybridized carbons (Fsp3) is 0.500. The summed E-state index contributed by atoms with van der Waals surface area (Å²) in [6, 6.07) is 3.57. The van der Waals surface area contributed by atoms with E-state index in [0.717, 1.165) is 6.07 Å². The molecule has 0 radical (unpaired) electrons. The van der Waals surface area contributed by atoms with Crippen molar-refractivity contribution in [2.45, 2.75) is 31.5 Å². The molecule has 0 spiro atoms. The zero-order valence-electron chi connectivity index (χ0n) is 13.3. The molecule has 1 aromatic heterocycles. The molecule has 8 heteroatoms. The average Bonchev–Trinajstić information content (AvgIpc) is 3.15. The van der Waals surface area contributed by atoms with Gasteiger partial charge in [0, 0.05) is 26.1 Å². The van der Waals surface area contributed by atoms with Crippen molar-refractivity contribution in [3.8, 4) is 0 Å². The summed E-state index contributed by atoms with van der Waals surface area (Å²) in [6.45, 7) is 1.24. The highest BCUT2D eigenvalue weighted by Crippen LogP contribution is 2.33. The van der Waals surface area contributed by atoms with Gasteiger partial charge in [0.1, 0.15) is 0 Å². The fourth-order valence-corrected chi connectivity index (χ4v) is 2.94. The zero-order chi connectivity index (χ0) is 17.1. The van der Waals surface area contributed by atoms with Gasteiger partial charge in [-0.15, -0.1) is 0 Å². The van der Waals surface area contributed by atoms with Crippen LogP contribution in [0.4, 0.5) is 8.78 Å². The van der Waals surface area contributed by atoms with Crippen LogP contribution >= 0.6 is 0 Å². The minimum atomic E-state index is -0.895. The molecular formula is C16H19F2N3O3. The third-order valence-electron chi connectivity index (χ3n) is 4.09. The van der Waals surface area contributed by atoms with Crippen molar-refractivity contribution < 1.29 is 23.1 Å². The lowest BCUT2D eigenvalue weighted by molar-refractivity contribution is 0.164. The van der Waals surface area contributed by atoms with E-state index >= 15 is 0 Å². The Kier molecular flexibility index (Phi) is 5.17. The van der Waals surface area contributed by atoms with Gasteiger partial charge in [0.15, 0.2) is 17.5 Å². The Balaban J connectivity index is 1.73. The van der Waals surface area contributed by atoms with Crippen LogP contribution in [0.1, 0.15) is 29.7 Å². The van der Waals surface area contributed by atoms with E-state index in [4.69, 9.17) is 9.26 Å². The van der Waals surface area contributed by atoms with Crippen LogP contribution in [-0.4, -0.2) is 46.5 Å². The zero-order valence-corrected chi connectivity index (χ0v) is 13.3. The largest absolute Gasteiger partial charge is 0.392 e. The van der Waals surface area contributed by atoms with E-state index in [-0.39, 0.29) is 6.04 Å². The predicted molar refractivity (Wildman–Crippen MR) is 80.0 cm³/mol. The second-order valence-electron chi connectivity index (χ2n) is 5.86. The summed E-state index contributed by atoms with van der Waals surface area (Å²) < 4.78 is 36.8. The van der Waals surface area contributed by atoms with E-state index in [1.54, 1.807) is 7.11 Å². The van der Waals surface area contributed by atoms with Gasteiger partial charge >= 0.3 is 0 Å². The van der Waals surface area contributed by atoms with E-state index in [1.807, 2.05) is 4.90 Å². The predicted octanol–water partition coefficient (Wildman–Crippen LogP) is 1.84. The minimum Gasteiger partial charge on any atom is -0.392 e. The fourth-order valence-electron chi connectivity index (χ4n) is 2.94. The van der Waals surface area contributed by atoms with Crippen LogP contribution in [0.3, 0.4) is 0 Å². The number of hydrogen-bond acceptors (Lipinski definition) is 6. The molecule has 1 fully saturated rings. The first-order valence-electron chi connectivity index (χ1n) is 7.74. The van der Waals surface area contributed by atoms with Gasteiger partial charge in [0.05, 0.1) is 19.3 Å². The van der Waals surface area contributed by atoms with E-state index < -0.39 is 17.7 Å². The van der Waals surface area contributed by atoms with Crippen LogP contribution in [0.15, 0.2) is 22.7 Å². The number of ether oxygens (including phenoxy) is 1. The van der Waals surface area contributed by atoms with Crippen molar-refractivity contribution >= 4 is 0 Å². The minimum absolute atomic E-state index is 0.232. The molecule has 0 aliphatic carbocycles. The van der Waals surface area contributed by atoms with Gasteiger partial charge in [-0.25, -0.2) is 8.78 Å². The normalized spacial score (nSPS) is 21.5. The molecule has 2 atom stereocenters. The Hall–Kier alpha value is -1.90. The Morgan fingerprint density at radius 2 is 2.21 bits per heavy atom. The molecule has 3 rings (SSSR count). The Morgan fingerprint density at radius 3 is 2.96 bits per heavy atom. The molecule has 24 heavy (non-hydrogen) atoms. The number of β-amino-alcohol motifs (C(OH)–C–C–N with tert-alkyl or cyclic N) is 1. The summed E-state index contributed by atoms with van der Waals surface area (Å²) in [6.07, 6.45) is 0.448. The number of rotatable bonds is 6. The lowest BCUT2D eigenvalue weighted by Crippen LogP contribution is -2.24. The highest BCUT2D eigenvalue weighted by molar-refractivity contribution is 5.23. The molecule has 1 saturated heterocycles. The van der Waals surface area contributed by atoms with Crippen LogP contribution < -0.4 is 0 Å². The molecular weight excluding hydrogens is 320 g/mol. The summed E-state index contributed by atoms with van der Waals surface area (Å²) in [7, 11) is 1.60. The van der Waals surface area contributed by atoms with Gasteiger partial charge in [-0.2, -0.15) is 4.98 Å². The highest BCUT2D eigenvalue weighted by Gasteiger charge is 2.33. The molecule has 0 bridgehead atoms. The second kappa shape index (κ2) is 7.33. The number of likely N-dealkylation sites (tertiary alicyclic amines) is 1. The van der Waals surface area contributed by atoms with E-state index in [2.05, 4.69) is 10.1 Å². The summed E-state index contributed by atoms with van der Waals surface area (Å²) in [5, 5.41) is 13.8. The number of aliphatic hydroxyl groups is 1. The molecule has 0 saturated carbocycles. The number of aliphatic hydroxyl groups excluding tert-OH is 1. The highest BCUT2D eigenvalue weighted by atomic mass is 19.2. The number of methoxy groups -OCH3 is 1. The topological polar surface area (TPSA) is 71.6 Å². The Morgan fingerprint density at radius 1 is 1.38 bits per heavy atom. The van der Waals surface area contributed by atoms with E-state index in [0.29, 0.717) is 49.8 Å². The van der Waals surface area contributed by atoms with Crippen LogP contribution in [0, 0.1) is 11.6 Å². The van der Waals surface area contributed by atoms with Crippen molar-refractivity contribution in [3.63, 3.8) is 0 Å². The van der Waals surface area contributed by atoms with Gasteiger partial charge in [-0.1, -0.05) is 11.2 Å². The lowest BCUT2D eigenvalue weighted by Gasteiger charge is -2.22. The molecule has 1 aromatic carbocycles. The molecule has 130 valence electrons. The molecule has 1 aliphatic rings. The number of benzene rings is 1. The van der Waals surface area contributed by atoms with Crippen LogP contribution in [0.5, 0.6) is 0 Å². The number of nitrogens with zero attached hydrogens (tertiary/aromatic N) is 3. The standard InChI is InChI=1S/C16H19F2N3O3/c1-23-5-4-15-19-16(24-20-15)9-21-8-11(22)7-14(21)10-2-3-12(17)13(18)6-10/h2-3,6,11,14,22H,4-5,7-9H2,1H3. The quantitative estimate of drug-likeness (QED) is 0.866. The molecule has 0 amide bonds. The van der Waals surface area contributed by atoms with E-state index in [9.17, 15) is 13.9 Å². The monoisotopic (exact) mass is 339 g/mol. The summed E-state index contributed by atoms with van der Waals surface area (Å²) in [5.74, 6) is -0.809. The summed E-state index contributed by atoms with van der Waals surface area (Å²) >= 11 is 0. The van der Waals surface area contributed by atoms with E-state index in [1.165, 1.54) is 12.1 Å². The molecule has 6 nitrogen and oxygen atoms in total. The average molecular weight is 339 g/mol. The van der Waals surface area contributed by atoms with Crippen molar-refractivity contribution in [3.05, 3.63) is 47.1 Å². The van der Waals surface area contributed by atoms with Gasteiger partial charge in [0.25, 0.3) is 0 Å². The third kappa shape index (κ3) is 3.77. The van der Waals surface area contributed by atoms with Crippen molar-refractivity contribution in [1.29, 1.82) is 0 Å². The number of aromatic nitrogens is 2. The van der Waals surface area contributed by atoms with Crippen LogP contribution in [0.25, 0.3) is 0 Å². The lowest BCUT2D eigenvalue weighted by atomic mass is 10.0. The maximum absolute atomic E-state index is 13.5. The van der Waals surface area contributed by atoms with Crippen LogP contribution in [0.2, 0.25) is 0 Å². The van der Waals surface area contributed by atoms with Crippen molar-refractivity contribution in [2.24, 2.45) is 0 Å². The van der Waals surface area contributed by atoms with Gasteiger partial charge < -0.3 is 14.4 Å². The van der Waals surface area contributed by atoms with Crippen LogP contribution in [-0.2, 0) is 17.7 Å². The van der Waals surface area contributed by atoms with Gasteiger partial charge in [-0.05, 0) is 24.1 Å². The smallest absolute Gasteiger partial charge is 0.240 e. The molecule has 2 heterocycles. The first-order chi connectivity index (χ1) is 11.6. The molecule has 1 N–H and O–H groups in total. The Labute approximate surface area is 138 Å². The first kappa shape index (κ1) is 16.9. The van der Waals surface area contributed by atoms with Crippen molar-refractivity contribution in [1.82, 2.24) is 15.0 Å². The summed E-state index contributed by atoms with van der Waals surface area (Å²) in [4.78, 5) is 6.20. The Bertz CT molecular complexity index is 695. The maximum atomic E-state index is 13.5. The van der Waals surface area contributed by atoms with Crippen molar-refractivity contribution in [2.75, 3.05) is 20.3 Å². The summed E-state index contributed by atoms with van der Waals surface area (Å²) in [5.41, 5.74) is 0.615. The number of halogens is 2. The van der Waals surface area contributed by atoms with Gasteiger partial charge in [-0.3, -0.25) is 4.90 Å². The second-order valence-corrected chi connectivity index (χ2v) is 5.86. The number of hydrogen-bond donors (Lipinski definition) is 1. The SMILES string of the molecule is COCCc1noc(CN2CC(O)CC2c2ccc(F)c(F)c2)n1.